The van der Waals surface area contributed by atoms with E-state index in [1.165, 1.54) is 12.1 Å². The molecule has 0 bridgehead atoms. The summed E-state index contributed by atoms with van der Waals surface area (Å²) in [6, 6.07) is 2.54. The number of carboxylic acids is 1. The molecular formula is C10H10LiNO4. The first-order valence-corrected chi connectivity index (χ1v) is 4.39. The average Bonchev–Trinajstić information content (AvgIpc) is 2.17. The van der Waals surface area contributed by atoms with Gasteiger partial charge in [-0.1, -0.05) is 0 Å². The minimum absolute atomic E-state index is 0. The van der Waals surface area contributed by atoms with E-state index in [4.69, 9.17) is 4.74 Å². The van der Waals surface area contributed by atoms with Crippen LogP contribution in [0, 0.1) is 0 Å². The Morgan fingerprint density at radius 3 is 2.38 bits per heavy atom. The van der Waals surface area contributed by atoms with Crippen molar-refractivity contribution in [1.29, 1.82) is 0 Å². The van der Waals surface area contributed by atoms with Gasteiger partial charge in [0.2, 0.25) is 0 Å². The van der Waals surface area contributed by atoms with E-state index in [2.05, 4.69) is 4.98 Å². The molecule has 1 heterocycles. The molecule has 0 aliphatic rings. The quantitative estimate of drug-likeness (QED) is 0.397. The van der Waals surface area contributed by atoms with Crippen molar-refractivity contribution in [2.24, 2.45) is 0 Å². The van der Waals surface area contributed by atoms with E-state index >= 15 is 0 Å². The minimum Gasteiger partial charge on any atom is -0.543 e. The molecule has 0 unspecified atom stereocenters. The van der Waals surface area contributed by atoms with Crippen molar-refractivity contribution in [3.05, 3.63) is 29.6 Å². The first kappa shape index (κ1) is 14.7. The van der Waals surface area contributed by atoms with Crippen LogP contribution in [0.1, 0.15) is 34.7 Å². The zero-order valence-corrected chi connectivity index (χ0v) is 9.39. The zero-order chi connectivity index (χ0) is 11.4. The number of hydrogen-bond acceptors (Lipinski definition) is 5. The normalized spacial score (nSPS) is 9.44. The van der Waals surface area contributed by atoms with E-state index in [0.29, 0.717) is 0 Å². The first-order chi connectivity index (χ1) is 7.00. The van der Waals surface area contributed by atoms with Crippen molar-refractivity contribution in [3.63, 3.8) is 0 Å². The number of carbonyl (C=O) groups is 2. The summed E-state index contributed by atoms with van der Waals surface area (Å²) >= 11 is 0. The monoisotopic (exact) mass is 215 g/mol. The van der Waals surface area contributed by atoms with Crippen LogP contribution in [0.25, 0.3) is 0 Å². The molecule has 0 spiro atoms. The van der Waals surface area contributed by atoms with Crippen molar-refractivity contribution in [2.45, 2.75) is 20.0 Å². The van der Waals surface area contributed by atoms with Crippen molar-refractivity contribution < 1.29 is 38.3 Å². The Hall–Kier alpha value is -1.31. The molecule has 0 saturated carbocycles. The van der Waals surface area contributed by atoms with Gasteiger partial charge >= 0.3 is 24.8 Å². The number of hydrogen-bond donors (Lipinski definition) is 0. The van der Waals surface area contributed by atoms with Crippen LogP contribution in [0.15, 0.2) is 18.3 Å². The molecule has 0 aliphatic carbocycles. The van der Waals surface area contributed by atoms with Gasteiger partial charge in [-0.05, 0) is 26.0 Å². The van der Waals surface area contributed by atoms with Gasteiger partial charge in [-0.3, -0.25) is 4.98 Å². The summed E-state index contributed by atoms with van der Waals surface area (Å²) in [5.41, 5.74) is 0.00444. The van der Waals surface area contributed by atoms with Crippen molar-refractivity contribution in [2.75, 3.05) is 0 Å². The SMILES string of the molecule is CC(C)OC(=O)c1ccc(C(=O)[O-])nc1.[Li+]. The Balaban J connectivity index is 0.00000225. The van der Waals surface area contributed by atoms with Crippen molar-refractivity contribution in [1.82, 2.24) is 4.98 Å². The summed E-state index contributed by atoms with van der Waals surface area (Å²) < 4.78 is 4.89. The number of nitrogens with zero attached hydrogens (tertiary/aromatic N) is 1. The van der Waals surface area contributed by atoms with Gasteiger partial charge in [0.15, 0.2) is 0 Å². The van der Waals surface area contributed by atoms with Gasteiger partial charge < -0.3 is 14.6 Å². The summed E-state index contributed by atoms with van der Waals surface area (Å²) in [6.07, 6.45) is 0.925. The standard InChI is InChI=1S/C10H11NO4.Li/c1-6(2)15-10(14)7-3-4-8(9(12)13)11-5-7;/h3-6H,1-2H3,(H,12,13);/q;+1/p-1. The van der Waals surface area contributed by atoms with Crippen LogP contribution in [-0.4, -0.2) is 23.0 Å². The van der Waals surface area contributed by atoms with Gasteiger partial charge in [0, 0.05) is 6.20 Å². The number of aromatic nitrogens is 1. The molecule has 1 aromatic rings. The van der Waals surface area contributed by atoms with Gasteiger partial charge in [-0.15, -0.1) is 0 Å². The van der Waals surface area contributed by atoms with E-state index in [1.807, 2.05) is 0 Å². The largest absolute Gasteiger partial charge is 1.00 e. The van der Waals surface area contributed by atoms with Crippen LogP contribution in [0.5, 0.6) is 0 Å². The Bertz CT molecular complexity index is 375. The van der Waals surface area contributed by atoms with Crippen LogP contribution < -0.4 is 24.0 Å². The van der Waals surface area contributed by atoms with Crippen LogP contribution in [0.4, 0.5) is 0 Å². The Morgan fingerprint density at radius 1 is 1.38 bits per heavy atom. The fourth-order valence-corrected chi connectivity index (χ4v) is 0.917. The Labute approximate surface area is 105 Å². The molecule has 0 saturated heterocycles. The number of pyridine rings is 1. The average molecular weight is 215 g/mol. The molecule has 16 heavy (non-hydrogen) atoms. The number of carbonyl (C=O) groups excluding carboxylic acids is 2. The number of aromatic carboxylic acids is 1. The molecule has 6 heteroatoms. The topological polar surface area (TPSA) is 79.3 Å². The van der Waals surface area contributed by atoms with Gasteiger partial charge in [0.1, 0.15) is 0 Å². The van der Waals surface area contributed by atoms with Crippen LogP contribution in [0.2, 0.25) is 0 Å². The summed E-state index contributed by atoms with van der Waals surface area (Å²) in [5.74, 6) is -1.90. The summed E-state index contributed by atoms with van der Waals surface area (Å²) in [6.45, 7) is 3.45. The van der Waals surface area contributed by atoms with Crippen molar-refractivity contribution >= 4 is 11.9 Å². The molecule has 0 atom stereocenters. The molecule has 0 radical (unpaired) electrons. The molecule has 0 N–H and O–H groups in total. The predicted molar refractivity (Wildman–Crippen MR) is 49.1 cm³/mol. The van der Waals surface area contributed by atoms with Crippen molar-refractivity contribution in [3.8, 4) is 0 Å². The third-order valence-corrected chi connectivity index (χ3v) is 1.55. The second-order valence-electron chi connectivity index (χ2n) is 3.17. The third kappa shape index (κ3) is 4.05. The van der Waals surface area contributed by atoms with Crippen LogP contribution >= 0.6 is 0 Å². The van der Waals surface area contributed by atoms with Gasteiger partial charge in [-0.25, -0.2) is 4.79 Å². The molecule has 0 amide bonds. The molecule has 1 aromatic heterocycles. The molecule has 0 fully saturated rings. The molecule has 0 aromatic carbocycles. The van der Waals surface area contributed by atoms with E-state index in [0.717, 1.165) is 6.20 Å². The Morgan fingerprint density at radius 2 is 2.00 bits per heavy atom. The van der Waals surface area contributed by atoms with Gasteiger partial charge in [0.25, 0.3) is 0 Å². The van der Waals surface area contributed by atoms with Gasteiger partial charge in [-0.2, -0.15) is 0 Å². The number of esters is 1. The fourth-order valence-electron chi connectivity index (χ4n) is 0.917. The maximum absolute atomic E-state index is 11.3. The van der Waals surface area contributed by atoms with E-state index in [-0.39, 0.29) is 36.2 Å². The third-order valence-electron chi connectivity index (χ3n) is 1.55. The van der Waals surface area contributed by atoms with Gasteiger partial charge in [0.05, 0.1) is 23.3 Å². The molecule has 1 rings (SSSR count). The summed E-state index contributed by atoms with van der Waals surface area (Å²) in [4.78, 5) is 25.2. The van der Waals surface area contributed by atoms with E-state index in [9.17, 15) is 14.7 Å². The number of carboxylic acid groups (broad SMARTS) is 1. The van der Waals surface area contributed by atoms with E-state index in [1.54, 1.807) is 13.8 Å². The molecule has 80 valence electrons. The summed E-state index contributed by atoms with van der Waals surface area (Å²) in [7, 11) is 0. The van der Waals surface area contributed by atoms with Crippen LogP contribution in [0.3, 0.4) is 0 Å². The maximum Gasteiger partial charge on any atom is 1.00 e. The zero-order valence-electron chi connectivity index (χ0n) is 9.39. The number of ether oxygens (including phenoxy) is 1. The molecule has 0 aliphatic heterocycles. The number of rotatable bonds is 3. The molecular weight excluding hydrogens is 205 g/mol. The second kappa shape index (κ2) is 6.31. The second-order valence-corrected chi connectivity index (χ2v) is 3.17. The first-order valence-electron chi connectivity index (χ1n) is 4.39. The fraction of sp³-hybridized carbons (Fsp3) is 0.300. The van der Waals surface area contributed by atoms with Crippen LogP contribution in [-0.2, 0) is 4.74 Å². The summed E-state index contributed by atoms with van der Waals surface area (Å²) in [5, 5.41) is 10.4. The smallest absolute Gasteiger partial charge is 0.543 e. The minimum atomic E-state index is -1.38. The Kier molecular flexibility index (Phi) is 5.79. The molecule has 5 nitrogen and oxygen atoms in total. The maximum atomic E-state index is 11.3. The predicted octanol–water partition coefficient (Wildman–Crippen LogP) is -2.99. The van der Waals surface area contributed by atoms with E-state index < -0.39 is 11.9 Å².